The minimum atomic E-state index is -0.0231. The predicted octanol–water partition coefficient (Wildman–Crippen LogP) is 3.12. The van der Waals surface area contributed by atoms with E-state index in [9.17, 15) is 0 Å². The van der Waals surface area contributed by atoms with Crippen LogP contribution in [0.1, 0.15) is 17.8 Å². The zero-order chi connectivity index (χ0) is 7.40. The van der Waals surface area contributed by atoms with Gasteiger partial charge in [0.15, 0.2) is 0 Å². The Kier molecular flexibility index (Phi) is 2.31. The molecule has 1 aromatic heterocycles. The molecule has 0 saturated heterocycles. The van der Waals surface area contributed by atoms with Gasteiger partial charge < -0.3 is 0 Å². The Hall–Kier alpha value is -0.990. The molecule has 1 rings (SSSR count). The molecule has 0 aliphatic heterocycles. The van der Waals surface area contributed by atoms with Crippen molar-refractivity contribution >= 4 is 11.3 Å². The first-order valence-electron chi connectivity index (χ1n) is 2.92. The predicted molar refractivity (Wildman–Crippen MR) is 41.9 cm³/mol. The fourth-order valence-corrected chi connectivity index (χ4v) is 1.38. The van der Waals surface area contributed by atoms with E-state index in [-0.39, 0.29) is 6.04 Å². The molecule has 1 atom stereocenters. The van der Waals surface area contributed by atoms with Gasteiger partial charge in [-0.05, 0) is 17.0 Å². The summed E-state index contributed by atoms with van der Waals surface area (Å²) in [6.45, 7) is 1.88. The average Bonchev–Trinajstić information content (AvgIpc) is 2.38. The molecule has 0 unspecified atom stereocenters. The van der Waals surface area contributed by atoms with Gasteiger partial charge in [0.05, 0.1) is 6.04 Å². The van der Waals surface area contributed by atoms with Crippen LogP contribution in [0.5, 0.6) is 0 Å². The monoisotopic (exact) mass is 153 g/mol. The van der Waals surface area contributed by atoms with Crippen LogP contribution in [0.25, 0.3) is 10.4 Å². The van der Waals surface area contributed by atoms with Gasteiger partial charge in [0.25, 0.3) is 0 Å². The van der Waals surface area contributed by atoms with Gasteiger partial charge in [-0.2, -0.15) is 0 Å². The normalized spacial score (nSPS) is 12.1. The molecule has 0 bridgehead atoms. The van der Waals surface area contributed by atoms with Crippen molar-refractivity contribution in [2.45, 2.75) is 13.0 Å². The van der Waals surface area contributed by atoms with Gasteiger partial charge >= 0.3 is 0 Å². The highest BCUT2D eigenvalue weighted by atomic mass is 32.1. The fraction of sp³-hybridized carbons (Fsp3) is 0.333. The maximum atomic E-state index is 8.10. The molecular formula is C6H7N3S. The zero-order valence-corrected chi connectivity index (χ0v) is 6.38. The van der Waals surface area contributed by atoms with E-state index in [2.05, 4.69) is 10.0 Å². The summed E-state index contributed by atoms with van der Waals surface area (Å²) in [6, 6.07) is 3.89. The van der Waals surface area contributed by atoms with Gasteiger partial charge in [0.2, 0.25) is 0 Å². The van der Waals surface area contributed by atoms with Crippen molar-refractivity contribution in [1.29, 1.82) is 0 Å². The van der Waals surface area contributed by atoms with Gasteiger partial charge in [-0.25, -0.2) is 0 Å². The lowest BCUT2D eigenvalue weighted by Gasteiger charge is -1.96. The molecule has 0 saturated carbocycles. The third kappa shape index (κ3) is 1.50. The van der Waals surface area contributed by atoms with Crippen LogP contribution in [0.4, 0.5) is 0 Å². The number of hydrogen-bond acceptors (Lipinski definition) is 2. The van der Waals surface area contributed by atoms with Gasteiger partial charge in [-0.15, -0.1) is 11.3 Å². The second kappa shape index (κ2) is 3.25. The van der Waals surface area contributed by atoms with Crippen molar-refractivity contribution < 1.29 is 0 Å². The molecule has 1 aromatic rings. The molecule has 0 fully saturated rings. The van der Waals surface area contributed by atoms with Crippen molar-refractivity contribution in [2.24, 2.45) is 5.11 Å². The van der Waals surface area contributed by atoms with Gasteiger partial charge in [-0.3, -0.25) is 0 Å². The molecule has 0 aliphatic carbocycles. The third-order valence-electron chi connectivity index (χ3n) is 1.18. The molecule has 0 aromatic carbocycles. The SMILES string of the molecule is C[C@H](N=[N+]=[N-])c1cccs1. The van der Waals surface area contributed by atoms with Crippen LogP contribution < -0.4 is 0 Å². The Morgan fingerprint density at radius 1 is 1.80 bits per heavy atom. The first-order chi connectivity index (χ1) is 4.84. The second-order valence-electron chi connectivity index (χ2n) is 1.90. The molecule has 4 heteroatoms. The lowest BCUT2D eigenvalue weighted by Crippen LogP contribution is -1.79. The van der Waals surface area contributed by atoms with Crippen LogP contribution in [-0.2, 0) is 0 Å². The molecule has 0 radical (unpaired) electrons. The Morgan fingerprint density at radius 2 is 2.60 bits per heavy atom. The Bertz CT molecular complexity index is 236. The van der Waals surface area contributed by atoms with Crippen LogP contribution in [0.3, 0.4) is 0 Å². The van der Waals surface area contributed by atoms with Gasteiger partial charge in [0.1, 0.15) is 0 Å². The third-order valence-corrected chi connectivity index (χ3v) is 2.22. The molecule has 52 valence electrons. The molecule has 3 nitrogen and oxygen atoms in total. The highest BCUT2D eigenvalue weighted by molar-refractivity contribution is 7.10. The van der Waals surface area contributed by atoms with E-state index < -0.39 is 0 Å². The molecule has 10 heavy (non-hydrogen) atoms. The summed E-state index contributed by atoms with van der Waals surface area (Å²) in [5, 5.41) is 5.53. The smallest absolute Gasteiger partial charge is 0.0690 e. The van der Waals surface area contributed by atoms with Crippen molar-refractivity contribution in [3.05, 3.63) is 32.8 Å². The topological polar surface area (TPSA) is 48.8 Å². The second-order valence-corrected chi connectivity index (χ2v) is 2.88. The number of rotatable bonds is 2. The van der Waals surface area contributed by atoms with Gasteiger partial charge in [0, 0.05) is 9.79 Å². The number of azide groups is 1. The van der Waals surface area contributed by atoms with Crippen LogP contribution in [0.15, 0.2) is 22.6 Å². The van der Waals surface area contributed by atoms with E-state index in [4.69, 9.17) is 5.53 Å². The van der Waals surface area contributed by atoms with E-state index in [0.29, 0.717) is 0 Å². The maximum Gasteiger partial charge on any atom is 0.0690 e. The summed E-state index contributed by atoms with van der Waals surface area (Å²) in [4.78, 5) is 3.83. The van der Waals surface area contributed by atoms with Crippen molar-refractivity contribution in [3.8, 4) is 0 Å². The molecule has 0 aliphatic rings. The van der Waals surface area contributed by atoms with Crippen LogP contribution in [-0.4, -0.2) is 0 Å². The minimum Gasteiger partial charge on any atom is -0.149 e. The molecule has 0 spiro atoms. The summed E-state index contributed by atoms with van der Waals surface area (Å²) in [5.41, 5.74) is 8.10. The lowest BCUT2D eigenvalue weighted by molar-refractivity contribution is 0.827. The molecule has 0 N–H and O–H groups in total. The Labute approximate surface area is 62.9 Å². The number of hydrogen-bond donors (Lipinski definition) is 0. The minimum absolute atomic E-state index is 0.0231. The summed E-state index contributed by atoms with van der Waals surface area (Å²) in [7, 11) is 0. The van der Waals surface area contributed by atoms with Crippen molar-refractivity contribution in [2.75, 3.05) is 0 Å². The first-order valence-corrected chi connectivity index (χ1v) is 3.80. The van der Waals surface area contributed by atoms with Crippen LogP contribution in [0, 0.1) is 0 Å². The zero-order valence-electron chi connectivity index (χ0n) is 5.56. The summed E-state index contributed by atoms with van der Waals surface area (Å²) >= 11 is 1.61. The quantitative estimate of drug-likeness (QED) is 0.356. The lowest BCUT2D eigenvalue weighted by atomic mass is 10.3. The number of thiophene rings is 1. The van der Waals surface area contributed by atoms with Gasteiger partial charge in [-0.1, -0.05) is 18.1 Å². The van der Waals surface area contributed by atoms with E-state index in [0.717, 1.165) is 4.88 Å². The van der Waals surface area contributed by atoms with Crippen LogP contribution in [0.2, 0.25) is 0 Å². The highest BCUT2D eigenvalue weighted by Crippen LogP contribution is 2.21. The molecule has 0 amide bonds. The van der Waals surface area contributed by atoms with E-state index >= 15 is 0 Å². The molecular weight excluding hydrogens is 146 g/mol. The van der Waals surface area contributed by atoms with Crippen LogP contribution >= 0.6 is 11.3 Å². The standard InChI is InChI=1S/C6H7N3S/c1-5(8-9-7)6-3-2-4-10-6/h2-5H,1H3/t5-/m0/s1. The van der Waals surface area contributed by atoms with E-state index in [1.807, 2.05) is 24.4 Å². The van der Waals surface area contributed by atoms with Crippen molar-refractivity contribution in [1.82, 2.24) is 0 Å². The van der Waals surface area contributed by atoms with E-state index in [1.54, 1.807) is 11.3 Å². The first kappa shape index (κ1) is 7.12. The summed E-state index contributed by atoms with van der Waals surface area (Å²) < 4.78 is 0. The maximum absolute atomic E-state index is 8.10. The van der Waals surface area contributed by atoms with Crippen molar-refractivity contribution in [3.63, 3.8) is 0 Å². The Balaban J connectivity index is 2.76. The average molecular weight is 153 g/mol. The Morgan fingerprint density at radius 3 is 3.10 bits per heavy atom. The fourth-order valence-electron chi connectivity index (χ4n) is 0.663. The van der Waals surface area contributed by atoms with E-state index in [1.165, 1.54) is 0 Å². The highest BCUT2D eigenvalue weighted by Gasteiger charge is 2.00. The summed E-state index contributed by atoms with van der Waals surface area (Å²) in [5.74, 6) is 0. The summed E-state index contributed by atoms with van der Waals surface area (Å²) in [6.07, 6.45) is 0. The molecule has 1 heterocycles. The number of nitrogens with zero attached hydrogens (tertiary/aromatic N) is 3. The largest absolute Gasteiger partial charge is 0.149 e.